The zero-order valence-corrected chi connectivity index (χ0v) is 8.33. The molecule has 0 heterocycles. The number of rotatable bonds is 5. The second-order valence-corrected chi connectivity index (χ2v) is 3.85. The van der Waals surface area contributed by atoms with Gasteiger partial charge in [-0.3, -0.25) is 4.79 Å². The van der Waals surface area contributed by atoms with E-state index in [9.17, 15) is 4.79 Å². The van der Waals surface area contributed by atoms with Crippen LogP contribution in [0.3, 0.4) is 0 Å². The maximum Gasteiger partial charge on any atom is 0.188 e. The Kier molecular flexibility index (Phi) is 6.66. The van der Waals surface area contributed by atoms with Crippen molar-refractivity contribution in [3.05, 3.63) is 0 Å². The van der Waals surface area contributed by atoms with Crippen molar-refractivity contribution in [2.45, 2.75) is 32.7 Å². The highest BCUT2D eigenvalue weighted by molar-refractivity contribution is 8.13. The number of carbonyl (C=O) groups excluding carboxylic acids is 1. The normalized spacial score (nSPS) is 13.0. The monoisotopic (exact) mass is 175 g/mol. The molecule has 0 radical (unpaired) electrons. The summed E-state index contributed by atoms with van der Waals surface area (Å²) in [6.07, 6.45) is 1.64. The van der Waals surface area contributed by atoms with Crippen LogP contribution in [0.15, 0.2) is 0 Å². The Labute approximate surface area is 73.1 Å². The van der Waals surface area contributed by atoms with Crippen LogP contribution in [-0.2, 0) is 4.79 Å². The molecular weight excluding hydrogens is 158 g/mol. The molecule has 0 aromatic rings. The molecule has 0 fully saturated rings. The fourth-order valence-electron chi connectivity index (χ4n) is 0.712. The van der Waals surface area contributed by atoms with Crippen LogP contribution in [-0.4, -0.2) is 24.0 Å². The molecular formula is C8H17NOS. The molecule has 1 atom stereocenters. The average molecular weight is 175 g/mol. The second-order valence-electron chi connectivity index (χ2n) is 2.53. The van der Waals surface area contributed by atoms with Gasteiger partial charge in [0, 0.05) is 12.5 Å². The molecule has 0 aromatic heterocycles. The van der Waals surface area contributed by atoms with Gasteiger partial charge >= 0.3 is 0 Å². The van der Waals surface area contributed by atoms with Gasteiger partial charge in [-0.25, -0.2) is 0 Å². The first-order valence-corrected chi connectivity index (χ1v) is 5.02. The smallest absolute Gasteiger partial charge is 0.188 e. The van der Waals surface area contributed by atoms with Crippen molar-refractivity contribution in [3.63, 3.8) is 0 Å². The first kappa shape index (κ1) is 11.0. The Bertz CT molecular complexity index is 117. The minimum absolute atomic E-state index is 0.314. The molecule has 66 valence electrons. The van der Waals surface area contributed by atoms with Gasteiger partial charge in [0.1, 0.15) is 0 Å². The van der Waals surface area contributed by atoms with E-state index in [0.29, 0.717) is 17.6 Å². The Balaban J connectivity index is 3.30. The maximum absolute atomic E-state index is 11.0. The summed E-state index contributed by atoms with van der Waals surface area (Å²) < 4.78 is 0. The molecule has 0 saturated heterocycles. The Morgan fingerprint density at radius 1 is 1.64 bits per heavy atom. The third-order valence-corrected chi connectivity index (χ3v) is 2.39. The van der Waals surface area contributed by atoms with Crippen LogP contribution in [0.5, 0.6) is 0 Å². The van der Waals surface area contributed by atoms with Crippen molar-refractivity contribution >= 4 is 16.9 Å². The van der Waals surface area contributed by atoms with E-state index in [-0.39, 0.29) is 0 Å². The van der Waals surface area contributed by atoms with E-state index in [4.69, 9.17) is 0 Å². The quantitative estimate of drug-likeness (QED) is 0.689. The highest BCUT2D eigenvalue weighted by atomic mass is 32.2. The predicted octanol–water partition coefficient (Wildman–Crippen LogP) is 1.65. The summed E-state index contributed by atoms with van der Waals surface area (Å²) in [7, 11) is 1.92. The van der Waals surface area contributed by atoms with Gasteiger partial charge in [0.25, 0.3) is 0 Å². The molecule has 0 amide bonds. The van der Waals surface area contributed by atoms with Gasteiger partial charge in [0.2, 0.25) is 0 Å². The van der Waals surface area contributed by atoms with Crippen LogP contribution in [0.1, 0.15) is 26.7 Å². The maximum atomic E-state index is 11.0. The van der Waals surface area contributed by atoms with Gasteiger partial charge in [-0.05, 0) is 26.1 Å². The predicted molar refractivity (Wildman–Crippen MR) is 50.9 cm³/mol. The van der Waals surface area contributed by atoms with Gasteiger partial charge in [-0.15, -0.1) is 0 Å². The minimum atomic E-state index is 0.314. The largest absolute Gasteiger partial charge is 0.317 e. The Hall–Kier alpha value is -0.0200. The minimum Gasteiger partial charge on any atom is -0.317 e. The summed E-state index contributed by atoms with van der Waals surface area (Å²) in [4.78, 5) is 11.0. The molecule has 1 unspecified atom stereocenters. The van der Waals surface area contributed by atoms with Crippen LogP contribution >= 0.6 is 11.8 Å². The summed E-state index contributed by atoms with van der Waals surface area (Å²) in [5, 5.41) is 3.42. The molecule has 0 saturated carbocycles. The zero-order valence-electron chi connectivity index (χ0n) is 7.52. The Morgan fingerprint density at radius 3 is 2.73 bits per heavy atom. The van der Waals surface area contributed by atoms with Crippen LogP contribution in [0, 0.1) is 0 Å². The third-order valence-electron chi connectivity index (χ3n) is 1.58. The number of nitrogens with one attached hydrogen (secondary N) is 1. The van der Waals surface area contributed by atoms with E-state index in [1.54, 1.807) is 0 Å². The van der Waals surface area contributed by atoms with Crippen LogP contribution in [0.25, 0.3) is 0 Å². The van der Waals surface area contributed by atoms with Gasteiger partial charge in [0.05, 0.1) is 0 Å². The first-order valence-electron chi connectivity index (χ1n) is 4.03. The lowest BCUT2D eigenvalue weighted by Gasteiger charge is -2.07. The molecule has 0 spiro atoms. The topological polar surface area (TPSA) is 29.1 Å². The molecule has 2 nitrogen and oxygen atoms in total. The number of hydrogen-bond donors (Lipinski definition) is 1. The van der Waals surface area contributed by atoms with Crippen LogP contribution < -0.4 is 5.32 Å². The average Bonchev–Trinajstić information content (AvgIpc) is 2.01. The van der Waals surface area contributed by atoms with Gasteiger partial charge in [-0.1, -0.05) is 18.7 Å². The van der Waals surface area contributed by atoms with Gasteiger partial charge in [0.15, 0.2) is 5.12 Å². The Morgan fingerprint density at radius 2 is 2.27 bits per heavy atom. The second kappa shape index (κ2) is 6.68. The van der Waals surface area contributed by atoms with E-state index in [1.165, 1.54) is 11.8 Å². The van der Waals surface area contributed by atoms with Crippen molar-refractivity contribution in [1.82, 2.24) is 5.32 Å². The lowest BCUT2D eigenvalue weighted by molar-refractivity contribution is -0.111. The lowest BCUT2D eigenvalue weighted by Crippen LogP contribution is -2.21. The highest BCUT2D eigenvalue weighted by Gasteiger charge is 2.03. The summed E-state index contributed by atoms with van der Waals surface area (Å²) in [5.41, 5.74) is 0. The lowest BCUT2D eigenvalue weighted by atomic mass is 10.2. The molecule has 0 aliphatic heterocycles. The third kappa shape index (κ3) is 6.38. The van der Waals surface area contributed by atoms with Crippen molar-refractivity contribution in [2.75, 3.05) is 12.8 Å². The van der Waals surface area contributed by atoms with Crippen LogP contribution in [0.2, 0.25) is 0 Å². The van der Waals surface area contributed by atoms with E-state index >= 15 is 0 Å². The summed E-state index contributed by atoms with van der Waals surface area (Å²) in [5.74, 6) is 0.896. The molecule has 0 aromatic carbocycles. The molecule has 11 heavy (non-hydrogen) atoms. The van der Waals surface area contributed by atoms with E-state index in [1.807, 2.05) is 14.0 Å². The van der Waals surface area contributed by atoms with Crippen LogP contribution in [0.4, 0.5) is 0 Å². The summed E-state index contributed by atoms with van der Waals surface area (Å²) >= 11 is 1.42. The fourth-order valence-corrected chi connectivity index (χ4v) is 1.30. The molecule has 0 rings (SSSR count). The number of carbonyl (C=O) groups is 1. The van der Waals surface area contributed by atoms with E-state index < -0.39 is 0 Å². The molecule has 1 N–H and O–H groups in total. The molecule has 0 aliphatic carbocycles. The standard InChI is InChI=1S/C8H17NOS/c1-4-11-8(10)6-5-7(2)9-3/h7,9H,4-6H2,1-3H3. The van der Waals surface area contributed by atoms with Crippen molar-refractivity contribution in [2.24, 2.45) is 0 Å². The summed E-state index contributed by atoms with van der Waals surface area (Å²) in [6, 6.07) is 0.455. The van der Waals surface area contributed by atoms with E-state index in [2.05, 4.69) is 12.2 Å². The van der Waals surface area contributed by atoms with Crippen molar-refractivity contribution in [1.29, 1.82) is 0 Å². The molecule has 3 heteroatoms. The van der Waals surface area contributed by atoms with Gasteiger partial charge < -0.3 is 5.32 Å². The summed E-state index contributed by atoms with van der Waals surface area (Å²) in [6.45, 7) is 4.09. The van der Waals surface area contributed by atoms with Crippen molar-refractivity contribution < 1.29 is 4.79 Å². The molecule has 0 aliphatic rings. The fraction of sp³-hybridized carbons (Fsp3) is 0.875. The highest BCUT2D eigenvalue weighted by Crippen LogP contribution is 2.07. The van der Waals surface area contributed by atoms with Gasteiger partial charge in [-0.2, -0.15) is 0 Å². The van der Waals surface area contributed by atoms with Crippen molar-refractivity contribution in [3.8, 4) is 0 Å². The first-order chi connectivity index (χ1) is 5.20. The SMILES string of the molecule is CCSC(=O)CCC(C)NC. The number of hydrogen-bond acceptors (Lipinski definition) is 3. The van der Waals surface area contributed by atoms with E-state index in [0.717, 1.165) is 12.2 Å². The zero-order chi connectivity index (χ0) is 8.69. The molecule has 0 bridgehead atoms. The number of thioether (sulfide) groups is 1.